The topological polar surface area (TPSA) is 41.6 Å². The van der Waals surface area contributed by atoms with Crippen LogP contribution >= 0.6 is 11.3 Å². The summed E-state index contributed by atoms with van der Waals surface area (Å²) in [5, 5.41) is 9.35. The van der Waals surface area contributed by atoms with Gasteiger partial charge in [0, 0.05) is 17.1 Å². The number of aromatic amines is 1. The molecule has 84 valence electrons. The summed E-state index contributed by atoms with van der Waals surface area (Å²) in [6.45, 7) is 0. The summed E-state index contributed by atoms with van der Waals surface area (Å²) in [4.78, 5) is 4.39. The van der Waals surface area contributed by atoms with Gasteiger partial charge in [-0.3, -0.25) is 5.10 Å². The van der Waals surface area contributed by atoms with Crippen LogP contribution in [0.4, 0.5) is 4.39 Å². The Morgan fingerprint density at radius 1 is 1.18 bits per heavy atom. The fourth-order valence-corrected chi connectivity index (χ4v) is 2.36. The molecule has 0 aliphatic heterocycles. The molecule has 0 fully saturated rings. The van der Waals surface area contributed by atoms with Crippen molar-refractivity contribution in [2.75, 3.05) is 0 Å². The lowest BCUT2D eigenvalue weighted by Crippen LogP contribution is -1.84. The smallest absolute Gasteiger partial charge is 0.141 e. The fraction of sp³-hybridized carbons (Fsp3) is 0. The van der Waals surface area contributed by atoms with Gasteiger partial charge in [-0.2, -0.15) is 5.10 Å². The van der Waals surface area contributed by atoms with Gasteiger partial charge in [0.05, 0.1) is 11.4 Å². The van der Waals surface area contributed by atoms with E-state index in [4.69, 9.17) is 0 Å². The van der Waals surface area contributed by atoms with Crippen molar-refractivity contribution in [3.63, 3.8) is 0 Å². The van der Waals surface area contributed by atoms with Crippen LogP contribution < -0.4 is 0 Å². The van der Waals surface area contributed by atoms with E-state index in [1.807, 2.05) is 11.4 Å². The minimum atomic E-state index is -0.256. The Bertz CT molecular complexity index is 631. The number of thiazole rings is 1. The van der Waals surface area contributed by atoms with Crippen LogP contribution in [0, 0.1) is 5.82 Å². The SMILES string of the molecule is Fc1ccccc1-c1csc(-c2ccn[nH]2)n1. The maximum atomic E-state index is 13.6. The predicted molar refractivity (Wildman–Crippen MR) is 65.1 cm³/mol. The Morgan fingerprint density at radius 3 is 2.82 bits per heavy atom. The van der Waals surface area contributed by atoms with Gasteiger partial charge >= 0.3 is 0 Å². The molecule has 0 saturated heterocycles. The predicted octanol–water partition coefficient (Wildman–Crippen LogP) is 3.34. The zero-order valence-electron chi connectivity index (χ0n) is 8.72. The van der Waals surface area contributed by atoms with E-state index < -0.39 is 0 Å². The molecule has 0 spiro atoms. The molecule has 3 aromatic rings. The van der Waals surface area contributed by atoms with Crippen LogP contribution in [-0.2, 0) is 0 Å². The Labute approximate surface area is 101 Å². The standard InChI is InChI=1S/C12H8FN3S/c13-9-4-2-1-3-8(9)11-7-17-12(15-11)10-5-6-14-16-10/h1-7H,(H,14,16). The van der Waals surface area contributed by atoms with E-state index in [0.717, 1.165) is 10.7 Å². The first kappa shape index (κ1) is 10.2. The molecule has 3 nitrogen and oxygen atoms in total. The number of nitrogens with one attached hydrogen (secondary N) is 1. The zero-order valence-corrected chi connectivity index (χ0v) is 9.54. The summed E-state index contributed by atoms with van der Waals surface area (Å²) in [6, 6.07) is 8.46. The normalized spacial score (nSPS) is 10.6. The van der Waals surface area contributed by atoms with Crippen LogP contribution in [-0.4, -0.2) is 15.2 Å². The molecule has 3 rings (SSSR count). The van der Waals surface area contributed by atoms with Gasteiger partial charge in [0.1, 0.15) is 10.8 Å². The van der Waals surface area contributed by atoms with E-state index in [2.05, 4.69) is 15.2 Å². The number of rotatable bonds is 2. The van der Waals surface area contributed by atoms with Gasteiger partial charge in [-0.1, -0.05) is 12.1 Å². The van der Waals surface area contributed by atoms with E-state index in [-0.39, 0.29) is 5.82 Å². The molecule has 0 bridgehead atoms. The maximum Gasteiger partial charge on any atom is 0.141 e. The Kier molecular flexibility index (Phi) is 2.45. The molecule has 0 aliphatic carbocycles. The number of benzene rings is 1. The van der Waals surface area contributed by atoms with Gasteiger partial charge in [-0.25, -0.2) is 9.37 Å². The average molecular weight is 245 g/mol. The molecule has 0 amide bonds. The van der Waals surface area contributed by atoms with Crippen molar-refractivity contribution < 1.29 is 4.39 Å². The van der Waals surface area contributed by atoms with Gasteiger partial charge in [-0.15, -0.1) is 11.3 Å². The molecule has 17 heavy (non-hydrogen) atoms. The first-order valence-corrected chi connectivity index (χ1v) is 5.93. The van der Waals surface area contributed by atoms with Crippen molar-refractivity contribution in [2.24, 2.45) is 0 Å². The van der Waals surface area contributed by atoms with Crippen molar-refractivity contribution >= 4 is 11.3 Å². The molecule has 0 unspecified atom stereocenters. The van der Waals surface area contributed by atoms with E-state index in [9.17, 15) is 4.39 Å². The van der Waals surface area contributed by atoms with Crippen LogP contribution in [0.1, 0.15) is 0 Å². The summed E-state index contributed by atoms with van der Waals surface area (Å²) < 4.78 is 13.6. The molecule has 0 atom stereocenters. The van der Waals surface area contributed by atoms with Crippen LogP contribution in [0.15, 0.2) is 41.9 Å². The summed E-state index contributed by atoms with van der Waals surface area (Å²) in [6.07, 6.45) is 1.67. The van der Waals surface area contributed by atoms with E-state index in [0.29, 0.717) is 11.3 Å². The number of nitrogens with zero attached hydrogens (tertiary/aromatic N) is 2. The Hall–Kier alpha value is -2.01. The van der Waals surface area contributed by atoms with Crippen molar-refractivity contribution in [2.45, 2.75) is 0 Å². The number of aromatic nitrogens is 3. The van der Waals surface area contributed by atoms with Crippen LogP contribution in [0.3, 0.4) is 0 Å². The van der Waals surface area contributed by atoms with Gasteiger partial charge in [0.2, 0.25) is 0 Å². The lowest BCUT2D eigenvalue weighted by molar-refractivity contribution is 0.631. The molecule has 0 aliphatic rings. The maximum absolute atomic E-state index is 13.6. The summed E-state index contributed by atoms with van der Waals surface area (Å²) >= 11 is 1.46. The molecular weight excluding hydrogens is 237 g/mol. The molecule has 0 radical (unpaired) electrons. The monoisotopic (exact) mass is 245 g/mol. The van der Waals surface area contributed by atoms with Crippen LogP contribution in [0.2, 0.25) is 0 Å². The van der Waals surface area contributed by atoms with Gasteiger partial charge in [0.25, 0.3) is 0 Å². The number of H-pyrrole nitrogens is 1. The van der Waals surface area contributed by atoms with Gasteiger partial charge in [-0.05, 0) is 18.2 Å². The fourth-order valence-electron chi connectivity index (χ4n) is 1.57. The number of hydrogen-bond donors (Lipinski definition) is 1. The highest BCUT2D eigenvalue weighted by atomic mass is 32.1. The first-order valence-electron chi connectivity index (χ1n) is 5.05. The lowest BCUT2D eigenvalue weighted by Gasteiger charge is -1.97. The third-order valence-electron chi connectivity index (χ3n) is 2.39. The van der Waals surface area contributed by atoms with Crippen LogP contribution in [0.25, 0.3) is 22.0 Å². The summed E-state index contributed by atoms with van der Waals surface area (Å²) in [5.74, 6) is -0.256. The second-order valence-corrected chi connectivity index (χ2v) is 4.35. The lowest BCUT2D eigenvalue weighted by atomic mass is 10.1. The van der Waals surface area contributed by atoms with Crippen molar-refractivity contribution in [3.05, 3.63) is 47.7 Å². The van der Waals surface area contributed by atoms with Gasteiger partial charge in [0.15, 0.2) is 0 Å². The highest BCUT2D eigenvalue weighted by molar-refractivity contribution is 7.13. The first-order chi connectivity index (χ1) is 8.34. The summed E-state index contributed by atoms with van der Waals surface area (Å²) in [7, 11) is 0. The number of halogens is 1. The summed E-state index contributed by atoms with van der Waals surface area (Å²) in [5.41, 5.74) is 2.02. The molecule has 2 heterocycles. The molecule has 1 N–H and O–H groups in total. The molecule has 2 aromatic heterocycles. The van der Waals surface area contributed by atoms with Crippen LogP contribution in [0.5, 0.6) is 0 Å². The molecule has 0 saturated carbocycles. The third kappa shape index (κ3) is 1.85. The quantitative estimate of drug-likeness (QED) is 0.752. The second kappa shape index (κ2) is 4.10. The van der Waals surface area contributed by atoms with E-state index in [1.165, 1.54) is 17.4 Å². The van der Waals surface area contributed by atoms with E-state index in [1.54, 1.807) is 24.4 Å². The Balaban J connectivity index is 2.04. The highest BCUT2D eigenvalue weighted by Crippen LogP contribution is 2.28. The molecule has 5 heteroatoms. The third-order valence-corrected chi connectivity index (χ3v) is 3.26. The van der Waals surface area contributed by atoms with Gasteiger partial charge < -0.3 is 0 Å². The second-order valence-electron chi connectivity index (χ2n) is 3.49. The number of hydrogen-bond acceptors (Lipinski definition) is 3. The molecule has 1 aromatic carbocycles. The van der Waals surface area contributed by atoms with Crippen molar-refractivity contribution in [1.29, 1.82) is 0 Å². The highest BCUT2D eigenvalue weighted by Gasteiger charge is 2.10. The average Bonchev–Trinajstić information content (AvgIpc) is 3.00. The largest absolute Gasteiger partial charge is 0.275 e. The molecular formula is C12H8FN3S. The Morgan fingerprint density at radius 2 is 2.06 bits per heavy atom. The zero-order chi connectivity index (χ0) is 11.7. The van der Waals surface area contributed by atoms with Crippen molar-refractivity contribution in [3.8, 4) is 22.0 Å². The van der Waals surface area contributed by atoms with E-state index >= 15 is 0 Å². The van der Waals surface area contributed by atoms with Crippen molar-refractivity contribution in [1.82, 2.24) is 15.2 Å². The minimum absolute atomic E-state index is 0.256. The minimum Gasteiger partial charge on any atom is -0.275 e.